The third kappa shape index (κ3) is 2.18. The molecule has 13 heavy (non-hydrogen) atoms. The summed E-state index contributed by atoms with van der Waals surface area (Å²) >= 11 is 0. The van der Waals surface area contributed by atoms with Crippen LogP contribution in [0.1, 0.15) is 17.3 Å². The molecular weight excluding hydrogens is 164 g/mol. The number of ether oxygens (including phenoxy) is 1. The lowest BCUT2D eigenvalue weighted by molar-refractivity contribution is 0.104. The zero-order valence-electron chi connectivity index (χ0n) is 7.78. The average molecular weight is 176 g/mol. The zero-order valence-corrected chi connectivity index (χ0v) is 7.78. The second kappa shape index (κ2) is 4.45. The molecule has 1 aromatic rings. The summed E-state index contributed by atoms with van der Waals surface area (Å²) in [6.45, 7) is 1.81. The molecule has 0 saturated heterocycles. The van der Waals surface area contributed by atoms with Gasteiger partial charge in [-0.1, -0.05) is 18.2 Å². The van der Waals surface area contributed by atoms with Crippen molar-refractivity contribution in [2.75, 3.05) is 7.11 Å². The third-order valence-electron chi connectivity index (χ3n) is 1.69. The number of carbonyl (C=O) groups is 1. The minimum atomic E-state index is -0.0278. The molecule has 0 fully saturated rings. The Hall–Kier alpha value is -1.57. The first-order chi connectivity index (χ1) is 6.29. The number of ketones is 1. The van der Waals surface area contributed by atoms with Gasteiger partial charge in [0.25, 0.3) is 0 Å². The van der Waals surface area contributed by atoms with Crippen LogP contribution in [-0.2, 0) is 0 Å². The highest BCUT2D eigenvalue weighted by atomic mass is 16.5. The molecule has 1 rings (SSSR count). The van der Waals surface area contributed by atoms with Crippen LogP contribution >= 0.6 is 0 Å². The molecule has 2 heteroatoms. The Morgan fingerprint density at radius 3 is 2.69 bits per heavy atom. The maximum atomic E-state index is 11.5. The van der Waals surface area contributed by atoms with E-state index in [4.69, 9.17) is 4.74 Å². The van der Waals surface area contributed by atoms with E-state index in [9.17, 15) is 4.79 Å². The Morgan fingerprint density at radius 1 is 1.38 bits per heavy atom. The van der Waals surface area contributed by atoms with Gasteiger partial charge in [0.1, 0.15) is 5.75 Å². The van der Waals surface area contributed by atoms with E-state index >= 15 is 0 Å². The van der Waals surface area contributed by atoms with E-state index in [1.165, 1.54) is 6.08 Å². The minimum absolute atomic E-state index is 0.0278. The van der Waals surface area contributed by atoms with Crippen molar-refractivity contribution in [3.05, 3.63) is 42.0 Å². The van der Waals surface area contributed by atoms with Crippen LogP contribution in [0.5, 0.6) is 5.75 Å². The normalized spacial score (nSPS) is 10.3. The van der Waals surface area contributed by atoms with E-state index in [0.717, 1.165) is 0 Å². The van der Waals surface area contributed by atoms with E-state index in [1.54, 1.807) is 25.3 Å². The van der Waals surface area contributed by atoms with Crippen molar-refractivity contribution in [2.24, 2.45) is 0 Å². The summed E-state index contributed by atoms with van der Waals surface area (Å²) in [5, 5.41) is 0. The summed E-state index contributed by atoms with van der Waals surface area (Å²) in [7, 11) is 1.56. The van der Waals surface area contributed by atoms with E-state index in [0.29, 0.717) is 11.3 Å². The molecule has 68 valence electrons. The summed E-state index contributed by atoms with van der Waals surface area (Å²) in [5.41, 5.74) is 0.600. The van der Waals surface area contributed by atoms with Gasteiger partial charge in [-0.2, -0.15) is 0 Å². The monoisotopic (exact) mass is 176 g/mol. The first-order valence-electron chi connectivity index (χ1n) is 4.09. The van der Waals surface area contributed by atoms with Crippen LogP contribution in [0.2, 0.25) is 0 Å². The highest BCUT2D eigenvalue weighted by molar-refractivity contribution is 6.06. The molecule has 0 aromatic heterocycles. The fraction of sp³-hybridized carbons (Fsp3) is 0.182. The number of carbonyl (C=O) groups excluding carboxylic acids is 1. The van der Waals surface area contributed by atoms with Crippen LogP contribution in [-0.4, -0.2) is 12.9 Å². The molecule has 2 nitrogen and oxygen atoms in total. The zero-order chi connectivity index (χ0) is 9.68. The van der Waals surface area contributed by atoms with Gasteiger partial charge in [-0.05, 0) is 25.1 Å². The number of allylic oxidation sites excluding steroid dienone is 2. The summed E-state index contributed by atoms with van der Waals surface area (Å²) in [4.78, 5) is 11.5. The van der Waals surface area contributed by atoms with Gasteiger partial charge in [0.2, 0.25) is 0 Å². The smallest absolute Gasteiger partial charge is 0.189 e. The summed E-state index contributed by atoms with van der Waals surface area (Å²) < 4.78 is 5.06. The van der Waals surface area contributed by atoms with Gasteiger partial charge < -0.3 is 4.74 Å². The number of benzene rings is 1. The molecule has 0 unspecified atom stereocenters. The highest BCUT2D eigenvalue weighted by Gasteiger charge is 2.06. The molecule has 0 aliphatic rings. The summed E-state index contributed by atoms with van der Waals surface area (Å²) in [6.07, 6.45) is 3.24. The molecule has 0 heterocycles. The molecule has 0 radical (unpaired) electrons. The first-order valence-corrected chi connectivity index (χ1v) is 4.09. The minimum Gasteiger partial charge on any atom is -0.496 e. The quantitative estimate of drug-likeness (QED) is 0.522. The maximum absolute atomic E-state index is 11.5. The lowest BCUT2D eigenvalue weighted by Crippen LogP contribution is -1.97. The lowest BCUT2D eigenvalue weighted by atomic mass is 10.1. The standard InChI is InChI=1S/C11H12O2/c1-3-6-10(12)9-7-4-5-8-11(9)13-2/h3-8H,1-2H3/b6-3-. The Balaban J connectivity index is 3.05. The van der Waals surface area contributed by atoms with Gasteiger partial charge in [0, 0.05) is 0 Å². The fourth-order valence-corrected chi connectivity index (χ4v) is 1.09. The topological polar surface area (TPSA) is 26.3 Å². The Labute approximate surface area is 77.8 Å². The third-order valence-corrected chi connectivity index (χ3v) is 1.69. The molecule has 1 aromatic carbocycles. The highest BCUT2D eigenvalue weighted by Crippen LogP contribution is 2.17. The molecule has 0 bridgehead atoms. The van der Waals surface area contributed by atoms with Crippen molar-refractivity contribution in [3.8, 4) is 5.75 Å². The summed E-state index contributed by atoms with van der Waals surface area (Å²) in [6, 6.07) is 7.18. The number of hydrogen-bond acceptors (Lipinski definition) is 2. The van der Waals surface area contributed by atoms with Crippen molar-refractivity contribution < 1.29 is 9.53 Å². The van der Waals surface area contributed by atoms with Gasteiger partial charge >= 0.3 is 0 Å². The van der Waals surface area contributed by atoms with Crippen molar-refractivity contribution in [1.82, 2.24) is 0 Å². The SMILES string of the molecule is C/C=C\C(=O)c1ccccc1OC. The van der Waals surface area contributed by atoms with Crippen LogP contribution < -0.4 is 4.74 Å². The number of para-hydroxylation sites is 1. The van der Waals surface area contributed by atoms with Crippen molar-refractivity contribution in [2.45, 2.75) is 6.92 Å². The second-order valence-electron chi connectivity index (χ2n) is 2.56. The molecule has 0 N–H and O–H groups in total. The second-order valence-corrected chi connectivity index (χ2v) is 2.56. The van der Waals surface area contributed by atoms with Crippen LogP contribution in [0.4, 0.5) is 0 Å². The molecule has 0 amide bonds. The molecule has 0 aliphatic heterocycles. The largest absolute Gasteiger partial charge is 0.496 e. The Kier molecular flexibility index (Phi) is 3.26. The van der Waals surface area contributed by atoms with Crippen molar-refractivity contribution >= 4 is 5.78 Å². The Morgan fingerprint density at radius 2 is 2.08 bits per heavy atom. The number of hydrogen-bond donors (Lipinski definition) is 0. The van der Waals surface area contributed by atoms with E-state index < -0.39 is 0 Å². The van der Waals surface area contributed by atoms with Gasteiger partial charge in [0.15, 0.2) is 5.78 Å². The van der Waals surface area contributed by atoms with Crippen LogP contribution in [0, 0.1) is 0 Å². The van der Waals surface area contributed by atoms with Gasteiger partial charge in [-0.25, -0.2) is 0 Å². The number of rotatable bonds is 3. The fourth-order valence-electron chi connectivity index (χ4n) is 1.09. The molecule has 0 aliphatic carbocycles. The maximum Gasteiger partial charge on any atom is 0.189 e. The van der Waals surface area contributed by atoms with Crippen LogP contribution in [0.15, 0.2) is 36.4 Å². The summed E-state index contributed by atoms with van der Waals surface area (Å²) in [5.74, 6) is 0.588. The van der Waals surface area contributed by atoms with Crippen molar-refractivity contribution in [3.63, 3.8) is 0 Å². The van der Waals surface area contributed by atoms with Gasteiger partial charge in [0.05, 0.1) is 12.7 Å². The number of methoxy groups -OCH3 is 1. The van der Waals surface area contributed by atoms with Crippen LogP contribution in [0.25, 0.3) is 0 Å². The van der Waals surface area contributed by atoms with E-state index in [-0.39, 0.29) is 5.78 Å². The van der Waals surface area contributed by atoms with Crippen LogP contribution in [0.3, 0.4) is 0 Å². The van der Waals surface area contributed by atoms with Gasteiger partial charge in [-0.3, -0.25) is 4.79 Å². The molecule has 0 atom stereocenters. The predicted molar refractivity (Wildman–Crippen MR) is 52.1 cm³/mol. The lowest BCUT2D eigenvalue weighted by Gasteiger charge is -2.03. The van der Waals surface area contributed by atoms with E-state index in [2.05, 4.69) is 0 Å². The molecule has 0 spiro atoms. The van der Waals surface area contributed by atoms with Gasteiger partial charge in [-0.15, -0.1) is 0 Å². The Bertz CT molecular complexity index is 327. The first kappa shape index (κ1) is 9.52. The molecule has 0 saturated carbocycles. The predicted octanol–water partition coefficient (Wildman–Crippen LogP) is 2.45. The molecular formula is C11H12O2. The average Bonchev–Trinajstić information content (AvgIpc) is 2.18. The van der Waals surface area contributed by atoms with E-state index in [1.807, 2.05) is 19.1 Å². The van der Waals surface area contributed by atoms with Crippen molar-refractivity contribution in [1.29, 1.82) is 0 Å².